The zero-order valence-electron chi connectivity index (χ0n) is 9.72. The Bertz CT molecular complexity index is 467. The lowest BCUT2D eigenvalue weighted by molar-refractivity contribution is 0.384. The first-order valence-corrected chi connectivity index (χ1v) is 6.56. The van der Waals surface area contributed by atoms with Crippen LogP contribution in [-0.2, 0) is 12.2 Å². The Hall–Kier alpha value is -1.49. The van der Waals surface area contributed by atoms with Gasteiger partial charge in [-0.2, -0.15) is 4.98 Å². The molecule has 0 aliphatic heterocycles. The number of hydrogen-bond donors (Lipinski definition) is 1. The third-order valence-electron chi connectivity index (χ3n) is 2.23. The number of hydrogen-bond acceptors (Lipinski definition) is 5. The number of benzene rings is 1. The second-order valence-electron chi connectivity index (χ2n) is 3.71. The van der Waals surface area contributed by atoms with Gasteiger partial charge in [-0.15, -0.1) is 11.8 Å². The van der Waals surface area contributed by atoms with Crippen molar-refractivity contribution in [2.45, 2.75) is 30.4 Å². The number of thioether (sulfide) groups is 1. The van der Waals surface area contributed by atoms with Crippen molar-refractivity contribution in [3.8, 4) is 0 Å². The van der Waals surface area contributed by atoms with E-state index in [-0.39, 0.29) is 0 Å². The summed E-state index contributed by atoms with van der Waals surface area (Å²) < 4.78 is 5.16. The summed E-state index contributed by atoms with van der Waals surface area (Å²) in [6, 6.07) is 7.75. The molecule has 0 aliphatic carbocycles. The molecule has 0 aliphatic rings. The summed E-state index contributed by atoms with van der Waals surface area (Å²) in [6.07, 6.45) is 1.90. The van der Waals surface area contributed by atoms with E-state index in [0.717, 1.165) is 29.2 Å². The summed E-state index contributed by atoms with van der Waals surface area (Å²) in [5.41, 5.74) is 6.40. The Kier molecular flexibility index (Phi) is 4.03. The molecule has 0 atom stereocenters. The summed E-state index contributed by atoms with van der Waals surface area (Å²) in [7, 11) is 0. The molecule has 5 heteroatoms. The van der Waals surface area contributed by atoms with Crippen molar-refractivity contribution in [2.24, 2.45) is 0 Å². The molecule has 2 rings (SSSR count). The molecule has 17 heavy (non-hydrogen) atoms. The van der Waals surface area contributed by atoms with Crippen LogP contribution in [-0.4, -0.2) is 10.1 Å². The smallest absolute Gasteiger partial charge is 0.237 e. The summed E-state index contributed by atoms with van der Waals surface area (Å²) in [4.78, 5) is 5.46. The van der Waals surface area contributed by atoms with Gasteiger partial charge < -0.3 is 10.3 Å². The number of aromatic nitrogens is 2. The van der Waals surface area contributed by atoms with Crippen LogP contribution in [0.3, 0.4) is 0 Å². The van der Waals surface area contributed by atoms with E-state index in [2.05, 4.69) is 17.1 Å². The van der Waals surface area contributed by atoms with Crippen LogP contribution in [0.15, 0.2) is 33.7 Å². The standard InChI is InChI=1S/C12H15N3OS/c1-2-3-11-14-12(16-15-11)8-17-10-6-4-9(13)5-7-10/h4-7H,2-3,8,13H2,1H3. The van der Waals surface area contributed by atoms with Gasteiger partial charge in [-0.25, -0.2) is 0 Å². The summed E-state index contributed by atoms with van der Waals surface area (Å²) >= 11 is 1.66. The molecule has 0 saturated heterocycles. The van der Waals surface area contributed by atoms with Crippen molar-refractivity contribution in [3.63, 3.8) is 0 Å². The fraction of sp³-hybridized carbons (Fsp3) is 0.333. The van der Waals surface area contributed by atoms with E-state index in [0.29, 0.717) is 11.6 Å². The molecule has 1 aromatic heterocycles. The molecule has 4 nitrogen and oxygen atoms in total. The van der Waals surface area contributed by atoms with Crippen LogP contribution < -0.4 is 5.73 Å². The molecule has 0 saturated carbocycles. The number of nitrogens with zero attached hydrogens (tertiary/aromatic N) is 2. The molecule has 2 N–H and O–H groups in total. The minimum atomic E-state index is 0.676. The van der Waals surface area contributed by atoms with Gasteiger partial charge in [0.25, 0.3) is 0 Å². The zero-order valence-corrected chi connectivity index (χ0v) is 10.5. The molecule has 1 aromatic carbocycles. The van der Waals surface area contributed by atoms with Crippen LogP contribution in [0.4, 0.5) is 5.69 Å². The number of rotatable bonds is 5. The van der Waals surface area contributed by atoms with Gasteiger partial charge >= 0.3 is 0 Å². The highest BCUT2D eigenvalue weighted by molar-refractivity contribution is 7.98. The third-order valence-corrected chi connectivity index (χ3v) is 3.22. The van der Waals surface area contributed by atoms with E-state index in [9.17, 15) is 0 Å². The predicted octanol–water partition coefficient (Wildman–Crippen LogP) is 2.90. The molecule has 0 unspecified atom stereocenters. The van der Waals surface area contributed by atoms with Gasteiger partial charge in [-0.3, -0.25) is 0 Å². The normalized spacial score (nSPS) is 10.6. The van der Waals surface area contributed by atoms with Gasteiger partial charge in [-0.05, 0) is 30.7 Å². The summed E-state index contributed by atoms with van der Waals surface area (Å²) in [6.45, 7) is 2.10. The number of aryl methyl sites for hydroxylation is 1. The van der Waals surface area contributed by atoms with E-state index in [1.165, 1.54) is 0 Å². The van der Waals surface area contributed by atoms with Gasteiger partial charge in [0.05, 0.1) is 5.75 Å². The van der Waals surface area contributed by atoms with E-state index < -0.39 is 0 Å². The lowest BCUT2D eigenvalue weighted by Gasteiger charge is -1.98. The van der Waals surface area contributed by atoms with Gasteiger partial charge in [0.1, 0.15) is 0 Å². The quantitative estimate of drug-likeness (QED) is 0.652. The fourth-order valence-corrected chi connectivity index (χ4v) is 2.12. The average Bonchev–Trinajstić information content (AvgIpc) is 2.77. The van der Waals surface area contributed by atoms with Crippen molar-refractivity contribution in [1.82, 2.24) is 10.1 Å². The van der Waals surface area contributed by atoms with Crippen molar-refractivity contribution >= 4 is 17.4 Å². The van der Waals surface area contributed by atoms with Crippen molar-refractivity contribution in [3.05, 3.63) is 36.0 Å². The number of nitrogens with two attached hydrogens (primary N) is 1. The Labute approximate surface area is 105 Å². The van der Waals surface area contributed by atoms with Crippen LogP contribution in [0.2, 0.25) is 0 Å². The van der Waals surface area contributed by atoms with Crippen LogP contribution in [0, 0.1) is 0 Å². The van der Waals surface area contributed by atoms with Gasteiger partial charge in [0, 0.05) is 17.0 Å². The first kappa shape index (κ1) is 12.0. The number of nitrogen functional groups attached to an aromatic ring is 1. The maximum absolute atomic E-state index is 5.62. The molecule has 0 radical (unpaired) electrons. The van der Waals surface area contributed by atoms with Crippen LogP contribution in [0.1, 0.15) is 25.1 Å². The Morgan fingerprint density at radius 2 is 2.06 bits per heavy atom. The van der Waals surface area contributed by atoms with Gasteiger partial charge in [0.15, 0.2) is 5.82 Å². The fourth-order valence-electron chi connectivity index (χ4n) is 1.38. The molecule has 0 fully saturated rings. The van der Waals surface area contributed by atoms with Crippen molar-refractivity contribution in [1.29, 1.82) is 0 Å². The predicted molar refractivity (Wildman–Crippen MR) is 68.7 cm³/mol. The van der Waals surface area contributed by atoms with Gasteiger partial charge in [0.2, 0.25) is 5.89 Å². The minimum absolute atomic E-state index is 0.676. The SMILES string of the molecule is CCCc1noc(CSc2ccc(N)cc2)n1. The van der Waals surface area contributed by atoms with Crippen molar-refractivity contribution in [2.75, 3.05) is 5.73 Å². The highest BCUT2D eigenvalue weighted by atomic mass is 32.2. The summed E-state index contributed by atoms with van der Waals surface area (Å²) in [5, 5.41) is 3.91. The molecule has 2 aromatic rings. The second kappa shape index (κ2) is 5.72. The second-order valence-corrected chi connectivity index (χ2v) is 4.76. The molecule has 1 heterocycles. The monoisotopic (exact) mass is 249 g/mol. The van der Waals surface area contributed by atoms with Crippen LogP contribution in [0.5, 0.6) is 0 Å². The minimum Gasteiger partial charge on any atom is -0.399 e. The number of anilines is 1. The Morgan fingerprint density at radius 1 is 1.29 bits per heavy atom. The van der Waals surface area contributed by atoms with E-state index >= 15 is 0 Å². The molecule has 90 valence electrons. The van der Waals surface area contributed by atoms with Crippen LogP contribution in [0.25, 0.3) is 0 Å². The van der Waals surface area contributed by atoms with E-state index in [1.807, 2.05) is 24.3 Å². The lowest BCUT2D eigenvalue weighted by Crippen LogP contribution is -1.87. The van der Waals surface area contributed by atoms with E-state index in [4.69, 9.17) is 10.3 Å². The van der Waals surface area contributed by atoms with Crippen LogP contribution >= 0.6 is 11.8 Å². The average molecular weight is 249 g/mol. The summed E-state index contributed by atoms with van der Waals surface area (Å²) in [5.74, 6) is 2.16. The zero-order chi connectivity index (χ0) is 12.1. The Balaban J connectivity index is 1.90. The highest BCUT2D eigenvalue weighted by Gasteiger charge is 2.05. The maximum Gasteiger partial charge on any atom is 0.237 e. The molecule has 0 amide bonds. The van der Waals surface area contributed by atoms with Crippen molar-refractivity contribution < 1.29 is 4.52 Å². The molecule has 0 spiro atoms. The largest absolute Gasteiger partial charge is 0.399 e. The van der Waals surface area contributed by atoms with Gasteiger partial charge in [-0.1, -0.05) is 12.1 Å². The lowest BCUT2D eigenvalue weighted by atomic mass is 10.3. The molecule has 0 bridgehead atoms. The highest BCUT2D eigenvalue weighted by Crippen LogP contribution is 2.22. The molecular weight excluding hydrogens is 234 g/mol. The topological polar surface area (TPSA) is 64.9 Å². The Morgan fingerprint density at radius 3 is 2.76 bits per heavy atom. The van der Waals surface area contributed by atoms with E-state index in [1.54, 1.807) is 11.8 Å². The first-order valence-electron chi connectivity index (χ1n) is 5.57. The molecular formula is C12H15N3OS. The third kappa shape index (κ3) is 3.49. The maximum atomic E-state index is 5.62. The first-order chi connectivity index (χ1) is 8.28.